The van der Waals surface area contributed by atoms with E-state index in [1.807, 2.05) is 0 Å². The van der Waals surface area contributed by atoms with E-state index in [0.717, 1.165) is 12.0 Å². The molecule has 100 valence electrons. The van der Waals surface area contributed by atoms with Crippen molar-refractivity contribution in [3.05, 3.63) is 42.2 Å². The molecule has 0 saturated heterocycles. The molecule has 0 aliphatic heterocycles. The van der Waals surface area contributed by atoms with Crippen molar-refractivity contribution in [1.29, 1.82) is 0 Å². The molecule has 0 fully saturated rings. The van der Waals surface area contributed by atoms with Crippen molar-refractivity contribution in [1.82, 2.24) is 0 Å². The lowest BCUT2D eigenvalue weighted by molar-refractivity contribution is 0.278. The summed E-state index contributed by atoms with van der Waals surface area (Å²) in [6, 6.07) is 0. The molecule has 0 aromatic carbocycles. The minimum Gasteiger partial charge on any atom is -0.121 e. The van der Waals surface area contributed by atoms with E-state index in [9.17, 15) is 0 Å². The summed E-state index contributed by atoms with van der Waals surface area (Å²) >= 11 is 0. The van der Waals surface area contributed by atoms with Gasteiger partial charge in [-0.1, -0.05) is 65.0 Å². The van der Waals surface area contributed by atoms with Gasteiger partial charge in [0.25, 0.3) is 0 Å². The van der Waals surface area contributed by atoms with E-state index < -0.39 is 0 Å². The van der Waals surface area contributed by atoms with Crippen LogP contribution in [0.2, 0.25) is 0 Å². The highest BCUT2D eigenvalue weighted by atomic mass is 14.3. The largest absolute Gasteiger partial charge is 0.121 e. The van der Waals surface area contributed by atoms with E-state index in [2.05, 4.69) is 64.3 Å². The molecule has 0 atom stereocenters. The van der Waals surface area contributed by atoms with Crippen LogP contribution in [0.5, 0.6) is 0 Å². The molecule has 0 heteroatoms. The van der Waals surface area contributed by atoms with Crippen molar-refractivity contribution in [3.8, 4) is 0 Å². The first-order chi connectivity index (χ1) is 8.35. The van der Waals surface area contributed by atoms with E-state index in [-0.39, 0.29) is 5.41 Å². The smallest absolute Gasteiger partial charge is 0.0152 e. The van der Waals surface area contributed by atoms with E-state index in [1.54, 1.807) is 0 Å². The lowest BCUT2D eigenvalue weighted by atomic mass is 9.78. The Morgan fingerprint density at radius 2 is 1.78 bits per heavy atom. The molecule has 0 nitrogen and oxygen atoms in total. The predicted molar refractivity (Wildman–Crippen MR) is 81.6 cm³/mol. The number of hydrogen-bond acceptors (Lipinski definition) is 0. The van der Waals surface area contributed by atoms with Crippen LogP contribution in [0.4, 0.5) is 0 Å². The molecule has 1 rings (SSSR count). The fraction of sp³-hybridized carbons (Fsp3) is 0.611. The number of hydrogen-bond donors (Lipinski definition) is 0. The third kappa shape index (κ3) is 5.56. The van der Waals surface area contributed by atoms with Gasteiger partial charge in [-0.3, -0.25) is 0 Å². The summed E-state index contributed by atoms with van der Waals surface area (Å²) in [6.45, 7) is 13.2. The molecular formula is C18H28. The van der Waals surface area contributed by atoms with Gasteiger partial charge in [-0.15, -0.1) is 5.73 Å². The Labute approximate surface area is 113 Å². The quantitative estimate of drug-likeness (QED) is 0.470. The van der Waals surface area contributed by atoms with E-state index >= 15 is 0 Å². The highest BCUT2D eigenvalue weighted by Crippen LogP contribution is 2.33. The number of allylic oxidation sites excluding steroid dienone is 5. The van der Waals surface area contributed by atoms with Crippen molar-refractivity contribution < 1.29 is 0 Å². The Morgan fingerprint density at radius 3 is 2.44 bits per heavy atom. The maximum Gasteiger partial charge on any atom is 0.0152 e. The lowest BCUT2D eigenvalue weighted by Crippen LogP contribution is -2.14. The summed E-state index contributed by atoms with van der Waals surface area (Å²) in [5, 5.41) is 0. The van der Waals surface area contributed by atoms with Gasteiger partial charge in [-0.25, -0.2) is 0 Å². The van der Waals surface area contributed by atoms with Crippen LogP contribution in [0.15, 0.2) is 42.2 Å². The standard InChI is InChI=1S/C18H28/c1-6-16-10-7-8-12-17(2,3)13-9-14-18(4,5)15-11-16/h7,10-11,15H,1,8-9,12-14H2,2-5H3. The highest BCUT2D eigenvalue weighted by molar-refractivity contribution is 5.30. The molecule has 0 unspecified atom stereocenters. The first-order valence-electron chi connectivity index (χ1n) is 7.11. The molecule has 1 aliphatic carbocycles. The van der Waals surface area contributed by atoms with Crippen molar-refractivity contribution in [2.75, 3.05) is 0 Å². The van der Waals surface area contributed by atoms with Crippen molar-refractivity contribution in [3.63, 3.8) is 0 Å². The van der Waals surface area contributed by atoms with E-state index in [4.69, 9.17) is 0 Å². The normalized spacial score (nSPS) is 23.9. The Balaban J connectivity index is 2.88. The maximum atomic E-state index is 3.76. The van der Waals surface area contributed by atoms with Crippen molar-refractivity contribution in [2.45, 2.75) is 59.8 Å². The van der Waals surface area contributed by atoms with Crippen LogP contribution in [-0.2, 0) is 0 Å². The maximum absolute atomic E-state index is 3.76. The van der Waals surface area contributed by atoms with Crippen molar-refractivity contribution >= 4 is 0 Å². The molecule has 0 spiro atoms. The van der Waals surface area contributed by atoms with Gasteiger partial charge in [0.15, 0.2) is 0 Å². The third-order valence-electron chi connectivity index (χ3n) is 3.88. The zero-order valence-electron chi connectivity index (χ0n) is 12.6. The average molecular weight is 244 g/mol. The average Bonchev–Trinajstić information content (AvgIpc) is 2.26. The summed E-state index contributed by atoms with van der Waals surface area (Å²) < 4.78 is 0. The fourth-order valence-electron chi connectivity index (χ4n) is 2.40. The Kier molecular flexibility index (Phi) is 5.23. The molecule has 0 aromatic heterocycles. The molecule has 0 radical (unpaired) electrons. The third-order valence-corrected chi connectivity index (χ3v) is 3.88. The van der Waals surface area contributed by atoms with Crippen LogP contribution in [0.1, 0.15) is 59.8 Å². The van der Waals surface area contributed by atoms with Gasteiger partial charge in [0.05, 0.1) is 0 Å². The summed E-state index contributed by atoms with van der Waals surface area (Å²) in [6.07, 6.45) is 15.2. The topological polar surface area (TPSA) is 0 Å². The van der Waals surface area contributed by atoms with Gasteiger partial charge < -0.3 is 0 Å². The van der Waals surface area contributed by atoms with Crippen molar-refractivity contribution in [2.24, 2.45) is 10.8 Å². The first kappa shape index (κ1) is 15.1. The summed E-state index contributed by atoms with van der Waals surface area (Å²) in [7, 11) is 0. The second-order valence-electron chi connectivity index (χ2n) is 6.91. The molecule has 18 heavy (non-hydrogen) atoms. The molecule has 0 bridgehead atoms. The van der Waals surface area contributed by atoms with Crippen LogP contribution in [0.3, 0.4) is 0 Å². The zero-order valence-corrected chi connectivity index (χ0v) is 12.6. The summed E-state index contributed by atoms with van der Waals surface area (Å²) in [4.78, 5) is 0. The molecular weight excluding hydrogens is 216 g/mol. The minimum atomic E-state index is 0.269. The second-order valence-corrected chi connectivity index (χ2v) is 6.91. The van der Waals surface area contributed by atoms with Gasteiger partial charge in [0, 0.05) is 5.57 Å². The zero-order chi connectivity index (χ0) is 13.6. The predicted octanol–water partition coefficient (Wildman–Crippen LogP) is 5.83. The lowest BCUT2D eigenvalue weighted by Gasteiger charge is -2.27. The first-order valence-corrected chi connectivity index (χ1v) is 7.11. The molecule has 0 aromatic rings. The van der Waals surface area contributed by atoms with E-state index in [0.29, 0.717) is 5.41 Å². The Bertz CT molecular complexity index is 371. The van der Waals surface area contributed by atoms with Crippen LogP contribution in [-0.4, -0.2) is 0 Å². The second kappa shape index (κ2) is 6.25. The molecule has 1 aliphatic rings. The fourth-order valence-corrected chi connectivity index (χ4v) is 2.40. The molecule has 0 heterocycles. The molecule has 0 amide bonds. The number of rotatable bonds is 0. The SMILES string of the molecule is C=C=C1C=CCCC(C)(C)CCCC(C)(C)C=C1. The highest BCUT2D eigenvalue weighted by Gasteiger charge is 2.20. The van der Waals surface area contributed by atoms with E-state index in [1.165, 1.54) is 25.7 Å². The Morgan fingerprint density at radius 1 is 1.06 bits per heavy atom. The van der Waals surface area contributed by atoms with Gasteiger partial charge in [0.1, 0.15) is 0 Å². The van der Waals surface area contributed by atoms with Crippen LogP contribution < -0.4 is 0 Å². The summed E-state index contributed by atoms with van der Waals surface area (Å²) in [5.41, 5.74) is 4.83. The summed E-state index contributed by atoms with van der Waals surface area (Å²) in [5.74, 6) is 0. The van der Waals surface area contributed by atoms with Crippen LogP contribution in [0.25, 0.3) is 0 Å². The minimum absolute atomic E-state index is 0.269. The molecule has 0 N–H and O–H groups in total. The Hall–Kier alpha value is -1.00. The monoisotopic (exact) mass is 244 g/mol. The van der Waals surface area contributed by atoms with Gasteiger partial charge in [-0.05, 0) is 36.5 Å². The van der Waals surface area contributed by atoms with Crippen LogP contribution in [0, 0.1) is 10.8 Å². The molecule has 0 saturated carbocycles. The van der Waals surface area contributed by atoms with Gasteiger partial charge in [-0.2, -0.15) is 0 Å². The van der Waals surface area contributed by atoms with Gasteiger partial charge in [0.2, 0.25) is 0 Å². The van der Waals surface area contributed by atoms with Gasteiger partial charge >= 0.3 is 0 Å². The van der Waals surface area contributed by atoms with Crippen LogP contribution >= 0.6 is 0 Å².